The van der Waals surface area contributed by atoms with E-state index in [9.17, 15) is 13.2 Å². The Morgan fingerprint density at radius 2 is 1.33 bits per heavy atom. The number of rotatable bonds is 5. The van der Waals surface area contributed by atoms with Gasteiger partial charge in [0.2, 0.25) is 0 Å². The second-order valence-electron chi connectivity index (χ2n) is 6.05. The van der Waals surface area contributed by atoms with Crippen LogP contribution in [0.1, 0.15) is 15.9 Å². The third-order valence-corrected chi connectivity index (χ3v) is 5.48. The van der Waals surface area contributed by atoms with E-state index in [0.717, 1.165) is 11.1 Å². The van der Waals surface area contributed by atoms with E-state index in [-0.39, 0.29) is 10.5 Å². The highest BCUT2D eigenvalue weighted by Gasteiger charge is 2.18. The topological polar surface area (TPSA) is 72.5 Å². The molecule has 0 bridgehead atoms. The number of benzene rings is 3. The number of methoxy groups -OCH3 is 1. The van der Waals surface area contributed by atoms with Crippen LogP contribution in [0.2, 0.25) is 0 Å². The molecule has 0 fully saturated rings. The summed E-state index contributed by atoms with van der Waals surface area (Å²) >= 11 is 0. The number of carbonyl (C=O) groups excluding carboxylic acids is 1. The van der Waals surface area contributed by atoms with Crippen molar-refractivity contribution in [2.45, 2.75) is 11.8 Å². The van der Waals surface area contributed by atoms with E-state index in [1.807, 2.05) is 31.2 Å². The van der Waals surface area contributed by atoms with Crippen LogP contribution in [-0.2, 0) is 10.0 Å². The van der Waals surface area contributed by atoms with Crippen LogP contribution in [0.4, 0.5) is 0 Å². The largest absolute Gasteiger partial charge is 0.497 e. The van der Waals surface area contributed by atoms with Gasteiger partial charge in [-0.2, -0.15) is 0 Å². The van der Waals surface area contributed by atoms with E-state index in [2.05, 4.69) is 4.72 Å². The van der Waals surface area contributed by atoms with Crippen LogP contribution in [0, 0.1) is 6.92 Å². The molecule has 3 aromatic rings. The molecule has 6 heteroatoms. The maximum atomic E-state index is 12.4. The van der Waals surface area contributed by atoms with E-state index in [0.29, 0.717) is 5.75 Å². The first-order chi connectivity index (χ1) is 12.9. The van der Waals surface area contributed by atoms with Crippen LogP contribution in [0.25, 0.3) is 11.1 Å². The minimum absolute atomic E-state index is 0.00655. The fraction of sp³-hybridized carbons (Fsp3) is 0.0952. The van der Waals surface area contributed by atoms with Crippen molar-refractivity contribution >= 4 is 15.9 Å². The Bertz CT molecular complexity index is 1040. The fourth-order valence-electron chi connectivity index (χ4n) is 2.55. The lowest BCUT2D eigenvalue weighted by atomic mass is 10.0. The van der Waals surface area contributed by atoms with Crippen LogP contribution in [-0.4, -0.2) is 21.4 Å². The van der Waals surface area contributed by atoms with Crippen molar-refractivity contribution in [3.8, 4) is 16.9 Å². The molecular weight excluding hydrogens is 362 g/mol. The zero-order chi connectivity index (χ0) is 19.4. The molecule has 1 amide bonds. The molecule has 0 saturated heterocycles. The molecule has 0 saturated carbocycles. The predicted molar refractivity (Wildman–Crippen MR) is 104 cm³/mol. The van der Waals surface area contributed by atoms with Crippen molar-refractivity contribution in [3.05, 3.63) is 83.9 Å². The summed E-state index contributed by atoms with van der Waals surface area (Å²) in [6.07, 6.45) is 0. The van der Waals surface area contributed by atoms with Crippen LogP contribution >= 0.6 is 0 Å². The van der Waals surface area contributed by atoms with Crippen molar-refractivity contribution < 1.29 is 17.9 Å². The summed E-state index contributed by atoms with van der Waals surface area (Å²) < 4.78 is 31.8. The highest BCUT2D eigenvalue weighted by Crippen LogP contribution is 2.21. The molecule has 0 aliphatic carbocycles. The molecule has 1 N–H and O–H groups in total. The van der Waals surface area contributed by atoms with E-state index in [1.165, 1.54) is 36.9 Å². The average Bonchev–Trinajstić information content (AvgIpc) is 2.68. The van der Waals surface area contributed by atoms with E-state index >= 15 is 0 Å². The Labute approximate surface area is 158 Å². The second-order valence-corrected chi connectivity index (χ2v) is 7.74. The van der Waals surface area contributed by atoms with Gasteiger partial charge in [0.1, 0.15) is 5.75 Å². The second kappa shape index (κ2) is 7.63. The Morgan fingerprint density at radius 1 is 0.815 bits per heavy atom. The minimum atomic E-state index is -3.95. The van der Waals surface area contributed by atoms with Gasteiger partial charge in [0.05, 0.1) is 12.0 Å². The highest BCUT2D eigenvalue weighted by atomic mass is 32.2. The average molecular weight is 381 g/mol. The zero-order valence-electron chi connectivity index (χ0n) is 15.0. The van der Waals surface area contributed by atoms with Gasteiger partial charge in [-0.25, -0.2) is 13.1 Å². The van der Waals surface area contributed by atoms with Crippen molar-refractivity contribution in [1.82, 2.24) is 4.72 Å². The summed E-state index contributed by atoms with van der Waals surface area (Å²) in [7, 11) is -2.46. The van der Waals surface area contributed by atoms with Crippen molar-refractivity contribution in [1.29, 1.82) is 0 Å². The van der Waals surface area contributed by atoms with Gasteiger partial charge in [0, 0.05) is 5.56 Å². The predicted octanol–water partition coefficient (Wildman–Crippen LogP) is 3.79. The summed E-state index contributed by atoms with van der Waals surface area (Å²) in [6.45, 7) is 2.01. The Kier molecular flexibility index (Phi) is 5.28. The standard InChI is InChI=1S/C21H19NO4S/c1-15-3-5-16(6-4-15)17-7-9-18(10-8-17)21(23)22-27(24,25)20-13-11-19(26-2)12-14-20/h3-14H,1-2H3,(H,22,23). The number of nitrogens with one attached hydrogen (secondary N) is 1. The van der Waals surface area contributed by atoms with Gasteiger partial charge in [-0.05, 0) is 54.4 Å². The molecule has 0 heterocycles. The molecule has 0 aromatic heterocycles. The highest BCUT2D eigenvalue weighted by molar-refractivity contribution is 7.90. The first kappa shape index (κ1) is 18.7. The number of sulfonamides is 1. The van der Waals surface area contributed by atoms with Gasteiger partial charge in [0.15, 0.2) is 0 Å². The molecule has 3 aromatic carbocycles. The first-order valence-electron chi connectivity index (χ1n) is 8.27. The van der Waals surface area contributed by atoms with Crippen LogP contribution < -0.4 is 9.46 Å². The fourth-order valence-corrected chi connectivity index (χ4v) is 3.53. The summed E-state index contributed by atoms with van der Waals surface area (Å²) in [4.78, 5) is 12.3. The van der Waals surface area contributed by atoms with Crippen molar-refractivity contribution in [3.63, 3.8) is 0 Å². The monoisotopic (exact) mass is 381 g/mol. The number of ether oxygens (including phenoxy) is 1. The lowest BCUT2D eigenvalue weighted by Gasteiger charge is -2.08. The van der Waals surface area contributed by atoms with Crippen molar-refractivity contribution in [2.24, 2.45) is 0 Å². The summed E-state index contributed by atoms with van der Waals surface area (Å²) in [5.41, 5.74) is 3.41. The SMILES string of the molecule is COc1ccc(S(=O)(=O)NC(=O)c2ccc(-c3ccc(C)cc3)cc2)cc1. The lowest BCUT2D eigenvalue weighted by Crippen LogP contribution is -2.30. The maximum Gasteiger partial charge on any atom is 0.264 e. The molecular formula is C21H19NO4S. The minimum Gasteiger partial charge on any atom is -0.497 e. The number of carbonyl (C=O) groups is 1. The zero-order valence-corrected chi connectivity index (χ0v) is 15.8. The number of aryl methyl sites for hydroxylation is 1. The van der Waals surface area contributed by atoms with Gasteiger partial charge in [-0.15, -0.1) is 0 Å². The third-order valence-electron chi connectivity index (χ3n) is 4.13. The normalized spacial score (nSPS) is 11.0. The molecule has 0 atom stereocenters. The van der Waals surface area contributed by atoms with Crippen LogP contribution in [0.5, 0.6) is 5.75 Å². The number of hydrogen-bond donors (Lipinski definition) is 1. The molecule has 27 heavy (non-hydrogen) atoms. The van der Waals surface area contributed by atoms with E-state index in [4.69, 9.17) is 4.74 Å². The molecule has 0 radical (unpaired) electrons. The summed E-state index contributed by atoms with van der Waals surface area (Å²) in [5.74, 6) is -0.145. The Morgan fingerprint density at radius 3 is 1.85 bits per heavy atom. The van der Waals surface area contributed by atoms with Crippen molar-refractivity contribution in [2.75, 3.05) is 7.11 Å². The molecule has 138 valence electrons. The Hall–Kier alpha value is -3.12. The van der Waals surface area contributed by atoms with E-state index in [1.54, 1.807) is 24.3 Å². The van der Waals surface area contributed by atoms with E-state index < -0.39 is 15.9 Å². The molecule has 5 nitrogen and oxygen atoms in total. The van der Waals surface area contributed by atoms with Gasteiger partial charge < -0.3 is 4.74 Å². The van der Waals surface area contributed by atoms with Gasteiger partial charge in [-0.1, -0.05) is 42.0 Å². The third kappa shape index (κ3) is 4.35. The van der Waals surface area contributed by atoms with Gasteiger partial charge in [-0.3, -0.25) is 4.79 Å². The maximum absolute atomic E-state index is 12.4. The van der Waals surface area contributed by atoms with Gasteiger partial charge in [0.25, 0.3) is 15.9 Å². The molecule has 3 rings (SSSR count). The van der Waals surface area contributed by atoms with Crippen LogP contribution in [0.15, 0.2) is 77.7 Å². The number of amides is 1. The smallest absolute Gasteiger partial charge is 0.264 e. The quantitative estimate of drug-likeness (QED) is 0.730. The molecule has 0 spiro atoms. The molecule has 0 aliphatic rings. The van der Waals surface area contributed by atoms with Gasteiger partial charge >= 0.3 is 0 Å². The molecule has 0 aliphatic heterocycles. The summed E-state index contributed by atoms with van der Waals surface area (Å²) in [6, 6.07) is 20.6. The molecule has 0 unspecified atom stereocenters. The first-order valence-corrected chi connectivity index (χ1v) is 9.76. The Balaban J connectivity index is 1.76. The van der Waals surface area contributed by atoms with Crippen LogP contribution in [0.3, 0.4) is 0 Å². The summed E-state index contributed by atoms with van der Waals surface area (Å²) in [5, 5.41) is 0. The lowest BCUT2D eigenvalue weighted by molar-refractivity contribution is 0.0981. The number of hydrogen-bond acceptors (Lipinski definition) is 4.